The molecule has 0 bridgehead atoms. The van der Waals surface area contributed by atoms with Crippen LogP contribution in [0, 0.1) is 0 Å². The summed E-state index contributed by atoms with van der Waals surface area (Å²) < 4.78 is 5.44. The number of hydrogen-bond donors (Lipinski definition) is 2. The molecule has 0 aliphatic heterocycles. The van der Waals surface area contributed by atoms with Gasteiger partial charge in [0, 0.05) is 25.2 Å². The molecule has 1 aliphatic rings. The van der Waals surface area contributed by atoms with Crippen LogP contribution < -0.4 is 11.1 Å². The number of nitrogens with two attached hydrogens (primary N) is 1. The molecule has 0 heterocycles. The second-order valence-corrected chi connectivity index (χ2v) is 3.63. The van der Waals surface area contributed by atoms with Gasteiger partial charge in [-0.15, -0.1) is 0 Å². The minimum Gasteiger partial charge on any atom is -0.378 e. The van der Waals surface area contributed by atoms with Crippen LogP contribution in [0.1, 0.15) is 26.7 Å². The van der Waals surface area contributed by atoms with Crippen molar-refractivity contribution in [1.29, 1.82) is 0 Å². The van der Waals surface area contributed by atoms with E-state index in [1.165, 1.54) is 0 Å². The van der Waals surface area contributed by atoms with Gasteiger partial charge >= 0.3 is 0 Å². The van der Waals surface area contributed by atoms with E-state index in [1.54, 1.807) is 0 Å². The van der Waals surface area contributed by atoms with Crippen molar-refractivity contribution >= 4 is 0 Å². The maximum atomic E-state index is 5.62. The van der Waals surface area contributed by atoms with Crippen molar-refractivity contribution in [2.75, 3.05) is 13.2 Å². The van der Waals surface area contributed by atoms with Crippen LogP contribution in [-0.4, -0.2) is 31.3 Å². The molecule has 1 saturated carbocycles. The van der Waals surface area contributed by atoms with Gasteiger partial charge in [-0.25, -0.2) is 0 Å². The first-order chi connectivity index (χ1) is 5.72. The van der Waals surface area contributed by atoms with Crippen molar-refractivity contribution < 1.29 is 4.74 Å². The topological polar surface area (TPSA) is 47.3 Å². The minimum atomic E-state index is 0.260. The molecule has 0 radical (unpaired) electrons. The Bertz CT molecular complexity index is 122. The first-order valence-corrected chi connectivity index (χ1v) is 4.83. The average molecular weight is 172 g/mol. The lowest BCUT2D eigenvalue weighted by atomic mass is 9.89. The van der Waals surface area contributed by atoms with Crippen molar-refractivity contribution in [3.63, 3.8) is 0 Å². The van der Waals surface area contributed by atoms with Crippen LogP contribution in [0.5, 0.6) is 0 Å². The molecule has 1 atom stereocenters. The zero-order valence-electron chi connectivity index (χ0n) is 8.05. The third-order valence-corrected chi connectivity index (χ3v) is 2.23. The Labute approximate surface area is 74.7 Å². The number of nitrogens with one attached hydrogen (secondary N) is 1. The molecule has 1 aliphatic carbocycles. The van der Waals surface area contributed by atoms with Gasteiger partial charge in [-0.1, -0.05) is 0 Å². The third kappa shape index (κ3) is 3.09. The highest BCUT2D eigenvalue weighted by Gasteiger charge is 2.28. The molecule has 1 fully saturated rings. The van der Waals surface area contributed by atoms with E-state index in [0.717, 1.165) is 26.0 Å². The first-order valence-electron chi connectivity index (χ1n) is 4.83. The Morgan fingerprint density at radius 3 is 2.75 bits per heavy atom. The average Bonchev–Trinajstić information content (AvgIpc) is 1.93. The highest BCUT2D eigenvalue weighted by atomic mass is 16.5. The predicted molar refractivity (Wildman–Crippen MR) is 50.1 cm³/mol. The van der Waals surface area contributed by atoms with E-state index in [4.69, 9.17) is 10.5 Å². The first kappa shape index (κ1) is 9.96. The lowest BCUT2D eigenvalue weighted by Gasteiger charge is -2.35. The quantitative estimate of drug-likeness (QED) is 0.634. The molecular formula is C9H20N2O. The fourth-order valence-electron chi connectivity index (χ4n) is 1.46. The molecule has 0 aromatic carbocycles. The van der Waals surface area contributed by atoms with Crippen molar-refractivity contribution in [2.24, 2.45) is 5.73 Å². The van der Waals surface area contributed by atoms with E-state index < -0.39 is 0 Å². The number of ether oxygens (including phenoxy) is 1. The summed E-state index contributed by atoms with van der Waals surface area (Å²) >= 11 is 0. The standard InChI is InChI=1S/C9H20N2O/c1-3-12-9-4-8(5-9)11-6-7(2)10/h7-9,11H,3-6,10H2,1-2H3. The van der Waals surface area contributed by atoms with E-state index in [9.17, 15) is 0 Å². The van der Waals surface area contributed by atoms with Gasteiger partial charge in [-0.05, 0) is 26.7 Å². The number of rotatable bonds is 5. The normalized spacial score (nSPS) is 31.2. The van der Waals surface area contributed by atoms with Crippen LogP contribution in [0.3, 0.4) is 0 Å². The SMILES string of the molecule is CCOC1CC(NCC(C)N)C1. The maximum absolute atomic E-state index is 5.62. The molecule has 3 N–H and O–H groups in total. The Hall–Kier alpha value is -0.120. The van der Waals surface area contributed by atoms with Crippen LogP contribution in [0.4, 0.5) is 0 Å². The molecule has 0 amide bonds. The molecule has 0 aromatic rings. The summed E-state index contributed by atoms with van der Waals surface area (Å²) in [5, 5.41) is 3.40. The van der Waals surface area contributed by atoms with Crippen molar-refractivity contribution in [2.45, 2.75) is 44.9 Å². The summed E-state index contributed by atoms with van der Waals surface area (Å²) in [7, 11) is 0. The van der Waals surface area contributed by atoms with Crippen molar-refractivity contribution in [3.8, 4) is 0 Å². The summed E-state index contributed by atoms with van der Waals surface area (Å²) in [5.41, 5.74) is 5.62. The van der Waals surface area contributed by atoms with Crippen LogP contribution in [-0.2, 0) is 4.74 Å². The molecule has 72 valence electrons. The lowest BCUT2D eigenvalue weighted by Crippen LogP contribution is -2.48. The molecule has 0 aromatic heterocycles. The van der Waals surface area contributed by atoms with Gasteiger partial charge in [-0.3, -0.25) is 0 Å². The fourth-order valence-corrected chi connectivity index (χ4v) is 1.46. The smallest absolute Gasteiger partial charge is 0.0604 e. The molecule has 12 heavy (non-hydrogen) atoms. The van der Waals surface area contributed by atoms with E-state index in [-0.39, 0.29) is 6.04 Å². The molecule has 1 rings (SSSR count). The Balaban J connectivity index is 1.95. The monoisotopic (exact) mass is 172 g/mol. The molecule has 0 saturated heterocycles. The number of hydrogen-bond acceptors (Lipinski definition) is 3. The van der Waals surface area contributed by atoms with Gasteiger partial charge in [0.2, 0.25) is 0 Å². The van der Waals surface area contributed by atoms with Crippen LogP contribution in [0.25, 0.3) is 0 Å². The van der Waals surface area contributed by atoms with Gasteiger partial charge in [-0.2, -0.15) is 0 Å². The molecular weight excluding hydrogens is 152 g/mol. The van der Waals surface area contributed by atoms with Crippen LogP contribution in [0.15, 0.2) is 0 Å². The van der Waals surface area contributed by atoms with Gasteiger partial charge in [0.15, 0.2) is 0 Å². The van der Waals surface area contributed by atoms with Gasteiger partial charge in [0.1, 0.15) is 0 Å². The highest BCUT2D eigenvalue weighted by Crippen LogP contribution is 2.22. The predicted octanol–water partition coefficient (Wildman–Crippen LogP) is 0.491. The largest absolute Gasteiger partial charge is 0.378 e. The molecule has 3 heteroatoms. The van der Waals surface area contributed by atoms with E-state index in [2.05, 4.69) is 5.32 Å². The fraction of sp³-hybridized carbons (Fsp3) is 1.00. The maximum Gasteiger partial charge on any atom is 0.0604 e. The second-order valence-electron chi connectivity index (χ2n) is 3.63. The van der Waals surface area contributed by atoms with E-state index >= 15 is 0 Å². The Morgan fingerprint density at radius 1 is 1.58 bits per heavy atom. The molecule has 3 nitrogen and oxygen atoms in total. The third-order valence-electron chi connectivity index (χ3n) is 2.23. The van der Waals surface area contributed by atoms with Gasteiger partial charge in [0.25, 0.3) is 0 Å². The van der Waals surface area contributed by atoms with Crippen LogP contribution >= 0.6 is 0 Å². The minimum absolute atomic E-state index is 0.260. The van der Waals surface area contributed by atoms with Crippen molar-refractivity contribution in [3.05, 3.63) is 0 Å². The molecule has 0 spiro atoms. The highest BCUT2D eigenvalue weighted by molar-refractivity contribution is 4.86. The molecule has 1 unspecified atom stereocenters. The van der Waals surface area contributed by atoms with E-state index in [1.807, 2.05) is 13.8 Å². The van der Waals surface area contributed by atoms with Gasteiger partial charge in [0.05, 0.1) is 6.10 Å². The second kappa shape index (κ2) is 4.80. The summed E-state index contributed by atoms with van der Waals surface area (Å²) in [6.07, 6.45) is 2.81. The summed E-state index contributed by atoms with van der Waals surface area (Å²) in [6, 6.07) is 0.906. The summed E-state index contributed by atoms with van der Waals surface area (Å²) in [5.74, 6) is 0. The zero-order valence-corrected chi connectivity index (χ0v) is 8.05. The summed E-state index contributed by atoms with van der Waals surface area (Å²) in [6.45, 7) is 5.82. The summed E-state index contributed by atoms with van der Waals surface area (Å²) in [4.78, 5) is 0. The van der Waals surface area contributed by atoms with Crippen molar-refractivity contribution in [1.82, 2.24) is 5.32 Å². The van der Waals surface area contributed by atoms with Gasteiger partial charge < -0.3 is 15.8 Å². The van der Waals surface area contributed by atoms with Crippen LogP contribution in [0.2, 0.25) is 0 Å². The Kier molecular flexibility index (Phi) is 3.98. The zero-order chi connectivity index (χ0) is 8.97. The Morgan fingerprint density at radius 2 is 2.25 bits per heavy atom. The van der Waals surface area contributed by atoms with E-state index in [0.29, 0.717) is 12.1 Å². The lowest BCUT2D eigenvalue weighted by molar-refractivity contribution is -0.00990.